The summed E-state index contributed by atoms with van der Waals surface area (Å²) in [4.78, 5) is 31.9. The van der Waals surface area contributed by atoms with Crippen LogP contribution in [-0.2, 0) is 4.79 Å². The number of para-hydroxylation sites is 1. The van der Waals surface area contributed by atoms with Crippen LogP contribution in [0.25, 0.3) is 22.0 Å². The zero-order valence-corrected chi connectivity index (χ0v) is 22.5. The van der Waals surface area contributed by atoms with Gasteiger partial charge >= 0.3 is 0 Å². The lowest BCUT2D eigenvalue weighted by atomic mass is 9.93. The second-order valence-electron chi connectivity index (χ2n) is 9.95. The van der Waals surface area contributed by atoms with E-state index in [4.69, 9.17) is 16.3 Å². The molecule has 5 aromatic rings. The SMILES string of the molecule is O=C(Nc1ccc(Oc2ccccc2)cc1)[C@@H]1CCCN(c2c(-c3ccccc3)c3cc(Cl)ccc3[nH]c2=O)C1. The Bertz CT molecular complexity index is 1700. The maximum Gasteiger partial charge on any atom is 0.272 e. The molecule has 0 bridgehead atoms. The number of halogens is 1. The smallest absolute Gasteiger partial charge is 0.272 e. The molecule has 1 aromatic heterocycles. The number of amides is 1. The van der Waals surface area contributed by atoms with Crippen molar-refractivity contribution >= 4 is 39.8 Å². The number of carbonyl (C=O) groups is 1. The summed E-state index contributed by atoms with van der Waals surface area (Å²) < 4.78 is 5.85. The summed E-state index contributed by atoms with van der Waals surface area (Å²) >= 11 is 6.38. The van der Waals surface area contributed by atoms with Crippen LogP contribution in [0.1, 0.15) is 12.8 Å². The van der Waals surface area contributed by atoms with E-state index in [9.17, 15) is 9.59 Å². The van der Waals surface area contributed by atoms with Crippen LogP contribution in [0, 0.1) is 5.92 Å². The number of hydrogen-bond donors (Lipinski definition) is 2. The number of nitrogens with zero attached hydrogens (tertiary/aromatic N) is 1. The Balaban J connectivity index is 1.24. The number of pyridine rings is 1. The minimum atomic E-state index is -0.271. The first-order valence-electron chi connectivity index (χ1n) is 13.3. The van der Waals surface area contributed by atoms with Gasteiger partial charge in [-0.15, -0.1) is 0 Å². The zero-order chi connectivity index (χ0) is 27.5. The lowest BCUT2D eigenvalue weighted by Gasteiger charge is -2.34. The van der Waals surface area contributed by atoms with Crippen LogP contribution in [0.3, 0.4) is 0 Å². The third-order valence-corrected chi connectivity index (χ3v) is 7.46. The number of carbonyl (C=O) groups excluding carboxylic acids is 1. The molecule has 40 heavy (non-hydrogen) atoms. The first-order valence-corrected chi connectivity index (χ1v) is 13.7. The summed E-state index contributed by atoms with van der Waals surface area (Å²) in [5.74, 6) is 1.11. The Kier molecular flexibility index (Phi) is 7.25. The van der Waals surface area contributed by atoms with Crippen molar-refractivity contribution in [1.82, 2.24) is 4.98 Å². The Morgan fingerprint density at radius 3 is 2.35 bits per heavy atom. The molecule has 6 rings (SSSR count). The highest BCUT2D eigenvalue weighted by Crippen LogP contribution is 2.37. The monoisotopic (exact) mass is 549 g/mol. The summed E-state index contributed by atoms with van der Waals surface area (Å²) in [5, 5.41) is 4.52. The molecule has 0 aliphatic carbocycles. The van der Waals surface area contributed by atoms with Crippen molar-refractivity contribution in [3.05, 3.63) is 119 Å². The van der Waals surface area contributed by atoms with Crippen molar-refractivity contribution in [3.8, 4) is 22.6 Å². The van der Waals surface area contributed by atoms with Gasteiger partial charge < -0.3 is 19.9 Å². The number of hydrogen-bond acceptors (Lipinski definition) is 4. The highest BCUT2D eigenvalue weighted by Gasteiger charge is 2.29. The fourth-order valence-electron chi connectivity index (χ4n) is 5.32. The van der Waals surface area contributed by atoms with Crippen LogP contribution < -0.4 is 20.5 Å². The Morgan fingerprint density at radius 2 is 1.60 bits per heavy atom. The zero-order valence-electron chi connectivity index (χ0n) is 21.8. The number of ether oxygens (including phenoxy) is 1. The van der Waals surface area contributed by atoms with Gasteiger partial charge in [-0.05, 0) is 73.0 Å². The average molecular weight is 550 g/mol. The van der Waals surface area contributed by atoms with Crippen LogP contribution in [0.4, 0.5) is 11.4 Å². The fourth-order valence-corrected chi connectivity index (χ4v) is 5.50. The number of benzene rings is 4. The molecule has 1 aliphatic heterocycles. The molecule has 6 nitrogen and oxygen atoms in total. The number of rotatable bonds is 6. The van der Waals surface area contributed by atoms with Gasteiger partial charge in [0.2, 0.25) is 5.91 Å². The average Bonchev–Trinajstić information content (AvgIpc) is 2.99. The number of fused-ring (bicyclic) bond motifs is 1. The standard InChI is InChI=1S/C33H28ClN3O3/c34-24-13-18-29-28(20-24)30(22-8-3-1-4-9-22)31(33(39)36-29)37-19-7-10-23(21-37)32(38)35-25-14-16-27(17-15-25)40-26-11-5-2-6-12-26/h1-6,8-9,11-18,20,23H,7,10,19,21H2,(H,35,38)(H,36,39)/t23-/m1/s1. The van der Waals surface area contributed by atoms with Gasteiger partial charge in [0, 0.05) is 40.3 Å². The molecule has 0 spiro atoms. The van der Waals surface area contributed by atoms with E-state index in [0.29, 0.717) is 35.2 Å². The number of nitrogens with one attached hydrogen (secondary N) is 2. The molecule has 2 heterocycles. The number of anilines is 2. The minimum absolute atomic E-state index is 0.0667. The van der Waals surface area contributed by atoms with Gasteiger partial charge in [0.25, 0.3) is 5.56 Å². The molecule has 1 saturated heterocycles. The normalized spacial score (nSPS) is 15.1. The summed E-state index contributed by atoms with van der Waals surface area (Å²) in [7, 11) is 0. The maximum absolute atomic E-state index is 13.5. The predicted octanol–water partition coefficient (Wildman–Crippen LogP) is 7.50. The Labute approximate surface area is 237 Å². The Hall–Kier alpha value is -4.55. The summed E-state index contributed by atoms with van der Waals surface area (Å²) in [6.07, 6.45) is 1.54. The van der Waals surface area contributed by atoms with Crippen LogP contribution in [-0.4, -0.2) is 24.0 Å². The van der Waals surface area contributed by atoms with E-state index in [1.54, 1.807) is 6.07 Å². The molecule has 1 fully saturated rings. The van der Waals surface area contributed by atoms with E-state index in [0.717, 1.165) is 40.6 Å². The van der Waals surface area contributed by atoms with E-state index in [2.05, 4.69) is 10.3 Å². The molecule has 0 saturated carbocycles. The molecule has 1 amide bonds. The number of H-pyrrole nitrogens is 1. The van der Waals surface area contributed by atoms with E-state index in [-0.39, 0.29) is 17.4 Å². The molecule has 7 heteroatoms. The highest BCUT2D eigenvalue weighted by atomic mass is 35.5. The van der Waals surface area contributed by atoms with Crippen molar-refractivity contribution in [3.63, 3.8) is 0 Å². The van der Waals surface area contributed by atoms with E-state index in [1.165, 1.54) is 0 Å². The number of aromatic amines is 1. The second kappa shape index (κ2) is 11.3. The minimum Gasteiger partial charge on any atom is -0.457 e. The maximum atomic E-state index is 13.5. The van der Waals surface area contributed by atoms with Crippen molar-refractivity contribution in [1.29, 1.82) is 0 Å². The first kappa shape index (κ1) is 25.7. The molecular weight excluding hydrogens is 522 g/mol. The van der Waals surface area contributed by atoms with Crippen LogP contribution in [0.15, 0.2) is 108 Å². The van der Waals surface area contributed by atoms with Gasteiger partial charge in [0.1, 0.15) is 17.2 Å². The van der Waals surface area contributed by atoms with Crippen LogP contribution in [0.5, 0.6) is 11.5 Å². The van der Waals surface area contributed by atoms with Gasteiger partial charge in [-0.2, -0.15) is 0 Å². The van der Waals surface area contributed by atoms with E-state index in [1.807, 2.05) is 102 Å². The van der Waals surface area contributed by atoms with Crippen molar-refractivity contribution in [2.45, 2.75) is 12.8 Å². The molecule has 200 valence electrons. The van der Waals surface area contributed by atoms with Gasteiger partial charge in [-0.1, -0.05) is 60.1 Å². The predicted molar refractivity (Wildman–Crippen MR) is 162 cm³/mol. The third-order valence-electron chi connectivity index (χ3n) is 7.22. The quantitative estimate of drug-likeness (QED) is 0.230. The fraction of sp³-hybridized carbons (Fsp3) is 0.152. The lowest BCUT2D eigenvalue weighted by molar-refractivity contribution is -0.120. The molecule has 0 unspecified atom stereocenters. The largest absolute Gasteiger partial charge is 0.457 e. The van der Waals surface area contributed by atoms with E-state index < -0.39 is 0 Å². The summed E-state index contributed by atoms with van der Waals surface area (Å²) in [6, 6.07) is 32.3. The van der Waals surface area contributed by atoms with Gasteiger partial charge in [-0.25, -0.2) is 0 Å². The molecule has 0 radical (unpaired) electrons. The van der Waals surface area contributed by atoms with Gasteiger partial charge in [0.15, 0.2) is 0 Å². The number of aromatic nitrogens is 1. The van der Waals surface area contributed by atoms with Crippen molar-refractivity contribution in [2.75, 3.05) is 23.3 Å². The van der Waals surface area contributed by atoms with Crippen LogP contribution in [0.2, 0.25) is 5.02 Å². The summed E-state index contributed by atoms with van der Waals surface area (Å²) in [5.41, 5.74) is 3.58. The van der Waals surface area contributed by atoms with Crippen molar-refractivity contribution < 1.29 is 9.53 Å². The highest BCUT2D eigenvalue weighted by molar-refractivity contribution is 6.31. The van der Waals surface area contributed by atoms with Gasteiger partial charge in [0.05, 0.1) is 5.92 Å². The molecular formula is C33H28ClN3O3. The Morgan fingerprint density at radius 1 is 0.900 bits per heavy atom. The topological polar surface area (TPSA) is 74.4 Å². The molecule has 1 aliphatic rings. The number of piperidine rings is 1. The van der Waals surface area contributed by atoms with Crippen LogP contribution >= 0.6 is 11.6 Å². The van der Waals surface area contributed by atoms with Gasteiger partial charge in [-0.3, -0.25) is 9.59 Å². The first-order chi connectivity index (χ1) is 19.5. The summed E-state index contributed by atoms with van der Waals surface area (Å²) in [6.45, 7) is 1.13. The lowest BCUT2D eigenvalue weighted by Crippen LogP contribution is -2.43. The second-order valence-corrected chi connectivity index (χ2v) is 10.4. The molecule has 2 N–H and O–H groups in total. The third kappa shape index (κ3) is 5.44. The van der Waals surface area contributed by atoms with E-state index >= 15 is 0 Å². The van der Waals surface area contributed by atoms with Crippen molar-refractivity contribution in [2.24, 2.45) is 5.92 Å². The molecule has 4 aromatic carbocycles. The molecule has 1 atom stereocenters.